The molecule has 0 spiro atoms. The fraction of sp³-hybridized carbons (Fsp3) is 0.556. The van der Waals surface area contributed by atoms with E-state index in [0.29, 0.717) is 6.61 Å². The van der Waals surface area contributed by atoms with Crippen LogP contribution in [0.3, 0.4) is 0 Å². The summed E-state index contributed by atoms with van der Waals surface area (Å²) in [7, 11) is 0. The van der Waals surface area contributed by atoms with Gasteiger partial charge in [-0.2, -0.15) is 0 Å². The van der Waals surface area contributed by atoms with Gasteiger partial charge in [0.25, 0.3) is 0 Å². The van der Waals surface area contributed by atoms with E-state index in [1.165, 1.54) is 5.57 Å². The second-order valence-electron chi connectivity index (χ2n) is 6.42. The molecule has 120 valence electrons. The molecule has 2 aliphatic heterocycles. The molecule has 4 nitrogen and oxygen atoms in total. The van der Waals surface area contributed by atoms with Crippen LogP contribution in [0.25, 0.3) is 6.08 Å². The number of hydrogen-bond donors (Lipinski definition) is 2. The van der Waals surface area contributed by atoms with Crippen LogP contribution >= 0.6 is 0 Å². The number of ether oxygens (including phenoxy) is 2. The molecule has 0 aliphatic carbocycles. The Labute approximate surface area is 132 Å². The maximum Gasteiger partial charge on any atom is 0.127 e. The molecule has 1 aromatic carbocycles. The Hall–Kier alpha value is -1.36. The smallest absolute Gasteiger partial charge is 0.127 e. The number of benzene rings is 1. The number of para-hydroxylation sites is 1. The molecule has 2 aliphatic rings. The number of rotatable bonds is 5. The second-order valence-corrected chi connectivity index (χ2v) is 6.42. The van der Waals surface area contributed by atoms with E-state index in [1.54, 1.807) is 0 Å². The summed E-state index contributed by atoms with van der Waals surface area (Å²) in [5.74, 6) is 0.953. The number of hydrogen-bond acceptors (Lipinski definition) is 4. The highest BCUT2D eigenvalue weighted by Crippen LogP contribution is 2.30. The van der Waals surface area contributed by atoms with Crippen LogP contribution in [0, 0.1) is 5.41 Å². The van der Waals surface area contributed by atoms with E-state index in [9.17, 15) is 5.11 Å². The lowest BCUT2D eigenvalue weighted by Crippen LogP contribution is -2.45. The van der Waals surface area contributed by atoms with E-state index in [0.717, 1.165) is 43.9 Å². The van der Waals surface area contributed by atoms with Gasteiger partial charge in [0.2, 0.25) is 0 Å². The van der Waals surface area contributed by atoms with E-state index in [2.05, 4.69) is 24.4 Å². The molecule has 0 radical (unpaired) electrons. The number of fused-ring (bicyclic) bond motifs is 1. The van der Waals surface area contributed by atoms with Crippen LogP contribution in [0.4, 0.5) is 0 Å². The van der Waals surface area contributed by atoms with Gasteiger partial charge >= 0.3 is 0 Å². The minimum absolute atomic E-state index is 0.0412. The van der Waals surface area contributed by atoms with Gasteiger partial charge in [0.05, 0.1) is 6.61 Å². The first-order valence-electron chi connectivity index (χ1n) is 8.07. The first-order chi connectivity index (χ1) is 10.7. The van der Waals surface area contributed by atoms with Crippen molar-refractivity contribution in [3.05, 3.63) is 35.4 Å². The quantitative estimate of drug-likeness (QED) is 0.876. The van der Waals surface area contributed by atoms with Gasteiger partial charge in [0.1, 0.15) is 12.4 Å². The summed E-state index contributed by atoms with van der Waals surface area (Å²) < 4.78 is 11.2. The lowest BCUT2D eigenvalue weighted by molar-refractivity contribution is -0.0159. The standard InChI is InChI=1S/C18H25NO3/c1-14(19-12-18(13-20)6-8-21-9-7-18)16-10-15-4-2-3-5-17(15)22-11-16/h2-5,10,14,19-20H,6-9,11-13H2,1H3. The van der Waals surface area contributed by atoms with Crippen molar-refractivity contribution >= 4 is 6.08 Å². The SMILES string of the molecule is CC(NCC1(CO)CCOCC1)C1=Cc2ccccc2OC1. The molecule has 0 saturated carbocycles. The number of aliphatic hydroxyl groups is 1. The minimum atomic E-state index is -0.0412. The molecule has 2 N–H and O–H groups in total. The molecule has 0 bridgehead atoms. The fourth-order valence-electron chi connectivity index (χ4n) is 3.08. The van der Waals surface area contributed by atoms with Gasteiger partial charge in [-0.1, -0.05) is 18.2 Å². The molecule has 1 fully saturated rings. The summed E-state index contributed by atoms with van der Waals surface area (Å²) in [4.78, 5) is 0. The van der Waals surface area contributed by atoms with Gasteiger partial charge < -0.3 is 19.9 Å². The van der Waals surface area contributed by atoms with Crippen molar-refractivity contribution in [1.29, 1.82) is 0 Å². The van der Waals surface area contributed by atoms with Crippen molar-refractivity contribution in [2.45, 2.75) is 25.8 Å². The zero-order valence-electron chi connectivity index (χ0n) is 13.2. The Morgan fingerprint density at radius 1 is 1.27 bits per heavy atom. The zero-order chi connectivity index (χ0) is 15.4. The molecule has 1 unspecified atom stereocenters. The largest absolute Gasteiger partial charge is 0.489 e. The maximum absolute atomic E-state index is 9.76. The molecule has 2 heterocycles. The van der Waals surface area contributed by atoms with Crippen LogP contribution in [-0.2, 0) is 4.74 Å². The molecule has 3 rings (SSSR count). The van der Waals surface area contributed by atoms with Crippen LogP contribution in [0.15, 0.2) is 29.8 Å². The Balaban J connectivity index is 1.63. The average Bonchev–Trinajstić information content (AvgIpc) is 2.60. The molecule has 1 saturated heterocycles. The Kier molecular flexibility index (Phi) is 4.81. The van der Waals surface area contributed by atoms with Crippen molar-refractivity contribution in [2.24, 2.45) is 5.41 Å². The van der Waals surface area contributed by atoms with Crippen molar-refractivity contribution in [3.63, 3.8) is 0 Å². The molecule has 1 aromatic rings. The first kappa shape index (κ1) is 15.5. The minimum Gasteiger partial charge on any atom is -0.489 e. The third-order valence-corrected chi connectivity index (χ3v) is 4.88. The third kappa shape index (κ3) is 3.35. The van der Waals surface area contributed by atoms with Gasteiger partial charge in [-0.15, -0.1) is 0 Å². The van der Waals surface area contributed by atoms with Crippen LogP contribution in [0.5, 0.6) is 5.75 Å². The summed E-state index contributed by atoms with van der Waals surface area (Å²) >= 11 is 0. The van der Waals surface area contributed by atoms with Gasteiger partial charge in [0.15, 0.2) is 0 Å². The van der Waals surface area contributed by atoms with Gasteiger partial charge in [-0.25, -0.2) is 0 Å². The van der Waals surface area contributed by atoms with Gasteiger partial charge in [-0.3, -0.25) is 0 Å². The predicted molar refractivity (Wildman–Crippen MR) is 87.0 cm³/mol. The van der Waals surface area contributed by atoms with Crippen molar-refractivity contribution in [3.8, 4) is 5.75 Å². The van der Waals surface area contributed by atoms with Crippen LogP contribution in [0.1, 0.15) is 25.3 Å². The van der Waals surface area contributed by atoms with Crippen LogP contribution in [-0.4, -0.2) is 44.1 Å². The summed E-state index contributed by atoms with van der Waals surface area (Å²) in [5.41, 5.74) is 2.35. The van der Waals surface area contributed by atoms with Gasteiger partial charge in [0, 0.05) is 36.8 Å². The molecule has 4 heteroatoms. The van der Waals surface area contributed by atoms with E-state index in [1.807, 2.05) is 18.2 Å². The highest BCUT2D eigenvalue weighted by Gasteiger charge is 2.32. The summed E-state index contributed by atoms with van der Waals surface area (Å²) in [6, 6.07) is 8.34. The lowest BCUT2D eigenvalue weighted by Gasteiger charge is -2.37. The summed E-state index contributed by atoms with van der Waals surface area (Å²) in [6.45, 7) is 5.31. The summed E-state index contributed by atoms with van der Waals surface area (Å²) in [6.07, 6.45) is 4.05. The summed E-state index contributed by atoms with van der Waals surface area (Å²) in [5, 5.41) is 13.3. The number of aliphatic hydroxyl groups excluding tert-OH is 1. The number of nitrogens with one attached hydrogen (secondary N) is 1. The monoisotopic (exact) mass is 303 g/mol. The first-order valence-corrected chi connectivity index (χ1v) is 8.07. The average molecular weight is 303 g/mol. The van der Waals surface area contributed by atoms with Gasteiger partial charge in [-0.05, 0) is 37.5 Å². The molecule has 0 aromatic heterocycles. The highest BCUT2D eigenvalue weighted by molar-refractivity contribution is 5.62. The molecule has 1 atom stereocenters. The van der Waals surface area contributed by atoms with E-state index < -0.39 is 0 Å². The van der Waals surface area contributed by atoms with Crippen LogP contribution in [0.2, 0.25) is 0 Å². The van der Waals surface area contributed by atoms with E-state index >= 15 is 0 Å². The molecular formula is C18H25NO3. The molecule has 22 heavy (non-hydrogen) atoms. The third-order valence-electron chi connectivity index (χ3n) is 4.88. The Bertz CT molecular complexity index is 535. The zero-order valence-corrected chi connectivity index (χ0v) is 13.2. The predicted octanol–water partition coefficient (Wildman–Crippen LogP) is 2.23. The second kappa shape index (κ2) is 6.82. The highest BCUT2D eigenvalue weighted by atomic mass is 16.5. The van der Waals surface area contributed by atoms with Crippen molar-refractivity contribution < 1.29 is 14.6 Å². The van der Waals surface area contributed by atoms with E-state index in [-0.39, 0.29) is 18.1 Å². The molecular weight excluding hydrogens is 278 g/mol. The van der Waals surface area contributed by atoms with Crippen LogP contribution < -0.4 is 10.1 Å². The Morgan fingerprint density at radius 2 is 2.05 bits per heavy atom. The topological polar surface area (TPSA) is 50.7 Å². The van der Waals surface area contributed by atoms with E-state index in [4.69, 9.17) is 9.47 Å². The van der Waals surface area contributed by atoms with Crippen molar-refractivity contribution in [1.82, 2.24) is 5.32 Å². The fourth-order valence-corrected chi connectivity index (χ4v) is 3.08. The Morgan fingerprint density at radius 3 is 2.82 bits per heavy atom. The van der Waals surface area contributed by atoms with Crippen molar-refractivity contribution in [2.75, 3.05) is 33.0 Å². The maximum atomic E-state index is 9.76. The normalized spacial score (nSPS) is 21.5. The molecule has 0 amide bonds. The lowest BCUT2D eigenvalue weighted by atomic mass is 9.80.